The lowest BCUT2D eigenvalue weighted by atomic mass is 9.97. The van der Waals surface area contributed by atoms with Gasteiger partial charge in [-0.25, -0.2) is 0 Å². The average Bonchev–Trinajstić information content (AvgIpc) is 3.44. The average molecular weight is 1100 g/mol. The SMILES string of the molecule is CCCCCCCC/C=C/CC/C=C/CC/C=C/C(O)C(COC1OC(CO)C(OC2OC(CO)C(O)C(O)C2O)C(O)C1O)NC(=O)CCCCCCCCCCCCCCCCCCCCCCCCCCCCC. The second-order valence-electron chi connectivity index (χ2n) is 22.5. The smallest absolute Gasteiger partial charge is 0.220 e. The predicted molar refractivity (Wildman–Crippen MR) is 309 cm³/mol. The minimum atomic E-state index is -1.79. The largest absolute Gasteiger partial charge is 0.394 e. The van der Waals surface area contributed by atoms with Crippen molar-refractivity contribution < 1.29 is 64.6 Å². The van der Waals surface area contributed by atoms with Gasteiger partial charge in [0.1, 0.15) is 48.8 Å². The highest BCUT2D eigenvalue weighted by Crippen LogP contribution is 2.30. The Bertz CT molecular complexity index is 1430. The van der Waals surface area contributed by atoms with Crippen LogP contribution < -0.4 is 5.32 Å². The van der Waals surface area contributed by atoms with E-state index < -0.39 is 86.8 Å². The number of hydrogen-bond acceptors (Lipinski definition) is 13. The molecule has 2 rings (SSSR count). The summed E-state index contributed by atoms with van der Waals surface area (Å²) in [6.07, 6.45) is 43.4. The van der Waals surface area contributed by atoms with E-state index in [0.717, 1.165) is 44.9 Å². The molecule has 0 aromatic carbocycles. The van der Waals surface area contributed by atoms with Crippen LogP contribution in [0, 0.1) is 0 Å². The van der Waals surface area contributed by atoms with Crippen molar-refractivity contribution in [2.75, 3.05) is 19.8 Å². The van der Waals surface area contributed by atoms with Crippen molar-refractivity contribution in [2.45, 2.75) is 338 Å². The molecule has 0 bridgehead atoms. The van der Waals surface area contributed by atoms with Crippen LogP contribution in [-0.2, 0) is 23.7 Å². The van der Waals surface area contributed by atoms with Crippen molar-refractivity contribution in [2.24, 2.45) is 0 Å². The molecule has 2 aliphatic rings. The Hall–Kier alpha value is -1.79. The summed E-state index contributed by atoms with van der Waals surface area (Å²) in [6.45, 7) is 2.79. The van der Waals surface area contributed by atoms with Crippen molar-refractivity contribution in [3.63, 3.8) is 0 Å². The van der Waals surface area contributed by atoms with Crippen LogP contribution >= 0.6 is 0 Å². The maximum absolute atomic E-state index is 13.3. The molecule has 0 saturated carbocycles. The van der Waals surface area contributed by atoms with Gasteiger partial charge in [-0.2, -0.15) is 0 Å². The molecule has 0 aromatic rings. The Kier molecular flexibility index (Phi) is 45.3. The molecule has 0 aromatic heterocycles. The summed E-state index contributed by atoms with van der Waals surface area (Å²) >= 11 is 0. The zero-order valence-electron chi connectivity index (χ0n) is 48.7. The van der Waals surface area contributed by atoms with Gasteiger partial charge in [-0.15, -0.1) is 0 Å². The van der Waals surface area contributed by atoms with Crippen LogP contribution in [0.25, 0.3) is 0 Å². The number of amides is 1. The molecule has 12 unspecified atom stereocenters. The molecule has 2 aliphatic heterocycles. The van der Waals surface area contributed by atoms with E-state index in [1.807, 2.05) is 6.08 Å². The number of unbranched alkanes of at least 4 members (excludes halogenated alkanes) is 34. The van der Waals surface area contributed by atoms with Crippen molar-refractivity contribution in [3.05, 3.63) is 36.5 Å². The number of nitrogens with one attached hydrogen (secondary N) is 1. The first-order chi connectivity index (χ1) is 37.6. The van der Waals surface area contributed by atoms with Gasteiger partial charge in [-0.05, 0) is 44.9 Å². The Morgan fingerprint density at radius 2 is 0.831 bits per heavy atom. The molecule has 452 valence electrons. The van der Waals surface area contributed by atoms with E-state index in [9.17, 15) is 45.6 Å². The van der Waals surface area contributed by atoms with Gasteiger partial charge in [-0.3, -0.25) is 4.79 Å². The summed E-state index contributed by atoms with van der Waals surface area (Å²) in [5, 5.41) is 87.1. The molecule has 77 heavy (non-hydrogen) atoms. The quantitative estimate of drug-likeness (QED) is 0.0204. The summed E-state index contributed by atoms with van der Waals surface area (Å²) in [6, 6.07) is -0.935. The van der Waals surface area contributed by atoms with Crippen LogP contribution in [0.4, 0.5) is 0 Å². The van der Waals surface area contributed by atoms with Crippen molar-refractivity contribution in [3.8, 4) is 0 Å². The second kappa shape index (κ2) is 48.9. The first-order valence-electron chi connectivity index (χ1n) is 31.7. The summed E-state index contributed by atoms with van der Waals surface area (Å²) in [5.74, 6) is -0.249. The summed E-state index contributed by atoms with van der Waals surface area (Å²) in [7, 11) is 0. The van der Waals surface area contributed by atoms with Gasteiger partial charge in [0.2, 0.25) is 5.91 Å². The van der Waals surface area contributed by atoms with Gasteiger partial charge >= 0.3 is 0 Å². The topological polar surface area (TPSA) is 228 Å². The molecule has 9 N–H and O–H groups in total. The van der Waals surface area contributed by atoms with Gasteiger partial charge in [0.05, 0.1) is 32.0 Å². The van der Waals surface area contributed by atoms with Gasteiger partial charge in [0.15, 0.2) is 12.6 Å². The van der Waals surface area contributed by atoms with Crippen LogP contribution in [0.3, 0.4) is 0 Å². The van der Waals surface area contributed by atoms with Crippen molar-refractivity contribution in [1.29, 1.82) is 0 Å². The lowest BCUT2D eigenvalue weighted by Crippen LogP contribution is -2.65. The maximum atomic E-state index is 13.3. The number of aliphatic hydroxyl groups excluding tert-OH is 8. The third-order valence-electron chi connectivity index (χ3n) is 15.6. The van der Waals surface area contributed by atoms with E-state index >= 15 is 0 Å². The van der Waals surface area contributed by atoms with Crippen molar-refractivity contribution in [1.82, 2.24) is 5.32 Å². The number of rotatable bonds is 51. The number of allylic oxidation sites excluding steroid dienone is 5. The van der Waals surface area contributed by atoms with E-state index in [-0.39, 0.29) is 18.9 Å². The molecule has 12 atom stereocenters. The zero-order valence-corrected chi connectivity index (χ0v) is 48.7. The summed E-state index contributed by atoms with van der Waals surface area (Å²) < 4.78 is 22.8. The normalized spacial score (nSPS) is 24.9. The van der Waals surface area contributed by atoms with Crippen LogP contribution in [-0.4, -0.2) is 140 Å². The van der Waals surface area contributed by atoms with Crippen LogP contribution in [0.2, 0.25) is 0 Å². The second-order valence-corrected chi connectivity index (χ2v) is 22.5. The first-order valence-corrected chi connectivity index (χ1v) is 31.7. The number of carbonyl (C=O) groups is 1. The van der Waals surface area contributed by atoms with E-state index in [2.05, 4.69) is 43.5 Å². The molecule has 0 spiro atoms. The Labute approximate surface area is 468 Å². The molecular formula is C63H117NO13. The fourth-order valence-electron chi connectivity index (χ4n) is 10.4. The van der Waals surface area contributed by atoms with Crippen LogP contribution in [0.1, 0.15) is 264 Å². The molecule has 1 amide bonds. The van der Waals surface area contributed by atoms with Crippen LogP contribution in [0.5, 0.6) is 0 Å². The summed E-state index contributed by atoms with van der Waals surface area (Å²) in [5.41, 5.74) is 0. The fourth-order valence-corrected chi connectivity index (χ4v) is 10.4. The zero-order chi connectivity index (χ0) is 56.0. The van der Waals surface area contributed by atoms with E-state index in [0.29, 0.717) is 12.8 Å². The number of carbonyl (C=O) groups excluding carboxylic acids is 1. The van der Waals surface area contributed by atoms with E-state index in [1.165, 1.54) is 186 Å². The Morgan fingerprint density at radius 1 is 0.455 bits per heavy atom. The number of hydrogen-bond donors (Lipinski definition) is 9. The number of aliphatic hydroxyl groups is 8. The highest BCUT2D eigenvalue weighted by Gasteiger charge is 2.51. The molecule has 2 saturated heterocycles. The molecular weight excluding hydrogens is 979 g/mol. The molecule has 2 fully saturated rings. The molecule has 0 radical (unpaired) electrons. The fraction of sp³-hybridized carbons (Fsp3) is 0.889. The third kappa shape index (κ3) is 34.3. The van der Waals surface area contributed by atoms with Gasteiger partial charge in [0.25, 0.3) is 0 Å². The molecule has 14 heteroatoms. The van der Waals surface area contributed by atoms with Crippen molar-refractivity contribution >= 4 is 5.91 Å². The Balaban J connectivity index is 1.71. The highest BCUT2D eigenvalue weighted by atomic mass is 16.7. The van der Waals surface area contributed by atoms with Gasteiger partial charge < -0.3 is 65.1 Å². The molecule has 14 nitrogen and oxygen atoms in total. The standard InChI is InChI=1S/C63H117NO13/c1-3-5-7-9-11-13-15-17-19-21-22-23-24-25-26-27-28-29-30-31-33-35-37-39-41-43-45-47-55(68)64-51(52(67)46-44-42-40-38-36-34-32-20-18-16-14-12-10-8-6-4-2)50-74-62-60(73)58(71)61(54(49-66)76-62)77-63-59(72)57(70)56(69)53(48-65)75-63/h18,20,36,38,44,46,51-54,56-63,65-67,69-73H,3-17,19,21-35,37,39-43,45,47-50H2,1-2H3,(H,64,68)/b20-18+,38-36+,46-44+. The van der Waals surface area contributed by atoms with Crippen LogP contribution in [0.15, 0.2) is 36.5 Å². The Morgan fingerprint density at radius 3 is 1.27 bits per heavy atom. The van der Waals surface area contributed by atoms with E-state index in [4.69, 9.17) is 18.9 Å². The lowest BCUT2D eigenvalue weighted by molar-refractivity contribution is -0.359. The monoisotopic (exact) mass is 1100 g/mol. The minimum absolute atomic E-state index is 0.249. The van der Waals surface area contributed by atoms with Gasteiger partial charge in [0, 0.05) is 6.42 Å². The van der Waals surface area contributed by atoms with E-state index in [1.54, 1.807) is 6.08 Å². The maximum Gasteiger partial charge on any atom is 0.220 e. The first kappa shape index (κ1) is 71.3. The minimum Gasteiger partial charge on any atom is -0.394 e. The molecule has 0 aliphatic carbocycles. The molecule has 2 heterocycles. The predicted octanol–water partition coefficient (Wildman–Crippen LogP) is 11.4. The third-order valence-corrected chi connectivity index (χ3v) is 15.6. The summed E-state index contributed by atoms with van der Waals surface area (Å²) in [4.78, 5) is 13.3. The number of ether oxygens (including phenoxy) is 4. The lowest BCUT2D eigenvalue weighted by Gasteiger charge is -2.46. The highest BCUT2D eigenvalue weighted by molar-refractivity contribution is 5.76. The van der Waals surface area contributed by atoms with Gasteiger partial charge in [-0.1, -0.05) is 249 Å².